The number of benzene rings is 1. The van der Waals surface area contributed by atoms with E-state index in [9.17, 15) is 4.79 Å². The van der Waals surface area contributed by atoms with Crippen molar-refractivity contribution in [2.75, 3.05) is 26.3 Å². The fourth-order valence-electron chi connectivity index (χ4n) is 4.02. The quantitative estimate of drug-likeness (QED) is 0.849. The summed E-state index contributed by atoms with van der Waals surface area (Å²) in [6, 6.07) is 13.9. The Balaban J connectivity index is 1.50. The number of amides is 1. The Hall–Kier alpha value is -2.40. The van der Waals surface area contributed by atoms with Gasteiger partial charge in [-0.25, -0.2) is 0 Å². The molecule has 1 unspecified atom stereocenters. The van der Waals surface area contributed by atoms with E-state index in [2.05, 4.69) is 17.1 Å². The van der Waals surface area contributed by atoms with Gasteiger partial charge in [-0.15, -0.1) is 0 Å². The van der Waals surface area contributed by atoms with Crippen molar-refractivity contribution in [1.29, 1.82) is 0 Å². The smallest absolute Gasteiger partial charge is 0.233 e. The molecule has 1 atom stereocenters. The molecule has 0 N–H and O–H groups in total. The number of hydrogen-bond donors (Lipinski definition) is 0. The maximum absolute atomic E-state index is 13.5. The van der Waals surface area contributed by atoms with Gasteiger partial charge in [-0.2, -0.15) is 0 Å². The van der Waals surface area contributed by atoms with Gasteiger partial charge in [-0.3, -0.25) is 9.78 Å². The number of carbonyl (C=O) groups is 1. The number of hydrogen-bond acceptors (Lipinski definition) is 4. The Bertz CT molecular complexity index is 729. The molecule has 5 nitrogen and oxygen atoms in total. The van der Waals surface area contributed by atoms with Crippen LogP contribution in [0, 0.1) is 0 Å². The molecule has 0 radical (unpaired) electrons. The highest BCUT2D eigenvalue weighted by Crippen LogP contribution is 2.37. The van der Waals surface area contributed by atoms with Gasteiger partial charge in [0.05, 0.1) is 12.0 Å². The first-order chi connectivity index (χ1) is 12.8. The molecule has 136 valence electrons. The summed E-state index contributed by atoms with van der Waals surface area (Å²) in [5.41, 5.74) is 0.636. The fourth-order valence-corrected chi connectivity index (χ4v) is 4.02. The average molecular weight is 352 g/mol. The number of ether oxygens (including phenoxy) is 2. The number of carbonyl (C=O) groups excluding carboxylic acids is 1. The van der Waals surface area contributed by atoms with Gasteiger partial charge >= 0.3 is 0 Å². The lowest BCUT2D eigenvalue weighted by Crippen LogP contribution is -2.49. The van der Waals surface area contributed by atoms with E-state index in [4.69, 9.17) is 9.47 Å². The highest BCUT2D eigenvalue weighted by atomic mass is 16.5. The second-order valence-electron chi connectivity index (χ2n) is 7.02. The summed E-state index contributed by atoms with van der Waals surface area (Å²) >= 11 is 0. The molecule has 5 heteroatoms. The molecule has 0 aliphatic carbocycles. The molecule has 2 aromatic rings. The van der Waals surface area contributed by atoms with Crippen LogP contribution >= 0.6 is 0 Å². The highest BCUT2D eigenvalue weighted by Gasteiger charge is 2.45. The Morgan fingerprint density at radius 1 is 1.12 bits per heavy atom. The molecule has 1 amide bonds. The van der Waals surface area contributed by atoms with Crippen LogP contribution in [0.2, 0.25) is 0 Å². The maximum atomic E-state index is 13.5. The van der Waals surface area contributed by atoms with E-state index in [-0.39, 0.29) is 12.0 Å². The highest BCUT2D eigenvalue weighted by molar-refractivity contribution is 5.88. The molecule has 1 aromatic heterocycles. The first kappa shape index (κ1) is 17.0. The molecular formula is C21H24N2O3. The molecular weight excluding hydrogens is 328 g/mol. The van der Waals surface area contributed by atoms with Gasteiger partial charge in [-0.05, 0) is 30.5 Å². The lowest BCUT2D eigenvalue weighted by atomic mass is 9.73. The zero-order valence-corrected chi connectivity index (χ0v) is 14.8. The summed E-state index contributed by atoms with van der Waals surface area (Å²) < 4.78 is 11.6. The van der Waals surface area contributed by atoms with Crippen LogP contribution < -0.4 is 4.74 Å². The van der Waals surface area contributed by atoms with Crippen LogP contribution in [-0.2, 0) is 14.9 Å². The number of rotatable bonds is 4. The van der Waals surface area contributed by atoms with Crippen molar-refractivity contribution in [1.82, 2.24) is 9.88 Å². The molecule has 2 fully saturated rings. The van der Waals surface area contributed by atoms with E-state index in [0.29, 0.717) is 19.8 Å². The van der Waals surface area contributed by atoms with Crippen LogP contribution in [0.25, 0.3) is 0 Å². The van der Waals surface area contributed by atoms with Crippen molar-refractivity contribution in [3.05, 3.63) is 60.4 Å². The Kier molecular flexibility index (Phi) is 4.89. The van der Waals surface area contributed by atoms with Gasteiger partial charge in [0.15, 0.2) is 0 Å². The second-order valence-corrected chi connectivity index (χ2v) is 7.02. The molecule has 2 aliphatic heterocycles. The largest absolute Gasteiger partial charge is 0.488 e. The molecule has 0 spiro atoms. The third kappa shape index (κ3) is 3.31. The van der Waals surface area contributed by atoms with Gasteiger partial charge in [0, 0.05) is 38.6 Å². The third-order valence-corrected chi connectivity index (χ3v) is 5.47. The maximum Gasteiger partial charge on any atom is 0.233 e. The minimum Gasteiger partial charge on any atom is -0.488 e. The molecule has 3 heterocycles. The average Bonchev–Trinajstić information content (AvgIpc) is 3.18. The van der Waals surface area contributed by atoms with E-state index in [1.165, 1.54) is 0 Å². The summed E-state index contributed by atoms with van der Waals surface area (Å²) in [6.07, 6.45) is 5.81. The lowest BCUT2D eigenvalue weighted by Gasteiger charge is -2.39. The first-order valence-corrected chi connectivity index (χ1v) is 9.27. The third-order valence-electron chi connectivity index (χ3n) is 5.47. The van der Waals surface area contributed by atoms with Crippen molar-refractivity contribution in [3.8, 4) is 5.75 Å². The van der Waals surface area contributed by atoms with Crippen LogP contribution in [0.15, 0.2) is 54.9 Å². The zero-order chi connectivity index (χ0) is 17.8. The second kappa shape index (κ2) is 7.46. The summed E-state index contributed by atoms with van der Waals surface area (Å²) in [7, 11) is 0. The van der Waals surface area contributed by atoms with E-state index < -0.39 is 5.41 Å². The van der Waals surface area contributed by atoms with E-state index in [1.807, 2.05) is 35.2 Å². The molecule has 1 aromatic carbocycles. The molecule has 2 aliphatic rings. The molecule has 2 saturated heterocycles. The van der Waals surface area contributed by atoms with Crippen LogP contribution in [0.5, 0.6) is 5.75 Å². The van der Waals surface area contributed by atoms with Gasteiger partial charge in [0.25, 0.3) is 0 Å². The number of nitrogens with zero attached hydrogens (tertiary/aromatic N) is 2. The number of pyridine rings is 1. The Morgan fingerprint density at radius 3 is 2.58 bits per heavy atom. The van der Waals surface area contributed by atoms with Crippen LogP contribution in [0.3, 0.4) is 0 Å². The Labute approximate surface area is 153 Å². The van der Waals surface area contributed by atoms with Gasteiger partial charge < -0.3 is 14.4 Å². The van der Waals surface area contributed by atoms with E-state index >= 15 is 0 Å². The van der Waals surface area contributed by atoms with Crippen molar-refractivity contribution >= 4 is 5.91 Å². The van der Waals surface area contributed by atoms with Gasteiger partial charge in [0.1, 0.15) is 11.9 Å². The number of likely N-dealkylation sites (tertiary alicyclic amines) is 1. The molecule has 0 saturated carbocycles. The van der Waals surface area contributed by atoms with Crippen molar-refractivity contribution < 1.29 is 14.3 Å². The predicted molar refractivity (Wildman–Crippen MR) is 98.0 cm³/mol. The van der Waals surface area contributed by atoms with E-state index in [0.717, 1.165) is 37.1 Å². The SMILES string of the molecule is O=C(N1CCC(Oc2ccncc2)C1)C1(c2ccccc2)CCOCC1. The summed E-state index contributed by atoms with van der Waals surface area (Å²) in [5.74, 6) is 1.02. The summed E-state index contributed by atoms with van der Waals surface area (Å²) in [6.45, 7) is 2.64. The first-order valence-electron chi connectivity index (χ1n) is 9.27. The monoisotopic (exact) mass is 352 g/mol. The minimum atomic E-state index is -0.467. The summed E-state index contributed by atoms with van der Waals surface area (Å²) in [5, 5.41) is 0. The van der Waals surface area contributed by atoms with Crippen LogP contribution in [0.1, 0.15) is 24.8 Å². The number of aromatic nitrogens is 1. The van der Waals surface area contributed by atoms with Crippen LogP contribution in [-0.4, -0.2) is 48.2 Å². The van der Waals surface area contributed by atoms with Crippen molar-refractivity contribution in [2.45, 2.75) is 30.8 Å². The zero-order valence-electron chi connectivity index (χ0n) is 14.8. The molecule has 0 bridgehead atoms. The topological polar surface area (TPSA) is 51.7 Å². The lowest BCUT2D eigenvalue weighted by molar-refractivity contribution is -0.140. The Morgan fingerprint density at radius 2 is 1.85 bits per heavy atom. The van der Waals surface area contributed by atoms with Crippen molar-refractivity contribution in [3.63, 3.8) is 0 Å². The standard InChI is InChI=1S/C21H24N2O3/c24-20(21(9-14-25-15-10-21)17-4-2-1-3-5-17)23-13-8-19(16-23)26-18-6-11-22-12-7-18/h1-7,11-12,19H,8-10,13-16H2. The van der Waals surface area contributed by atoms with Crippen LogP contribution in [0.4, 0.5) is 0 Å². The van der Waals surface area contributed by atoms with Crippen molar-refractivity contribution in [2.24, 2.45) is 0 Å². The normalized spacial score (nSPS) is 22.2. The molecule has 26 heavy (non-hydrogen) atoms. The predicted octanol–water partition coefficient (Wildman–Crippen LogP) is 2.81. The van der Waals surface area contributed by atoms with E-state index in [1.54, 1.807) is 12.4 Å². The molecule has 4 rings (SSSR count). The summed E-state index contributed by atoms with van der Waals surface area (Å²) in [4.78, 5) is 19.5. The van der Waals surface area contributed by atoms with Gasteiger partial charge in [-0.1, -0.05) is 30.3 Å². The minimum absolute atomic E-state index is 0.0361. The fraction of sp³-hybridized carbons (Fsp3) is 0.429. The van der Waals surface area contributed by atoms with Gasteiger partial charge in [0.2, 0.25) is 5.91 Å².